The molecule has 2 rings (SSSR count). The molecule has 0 aromatic carbocycles. The van der Waals surface area contributed by atoms with Gasteiger partial charge in [0.1, 0.15) is 5.82 Å². The van der Waals surface area contributed by atoms with Gasteiger partial charge in [-0.2, -0.15) is 11.8 Å². The lowest BCUT2D eigenvalue weighted by Gasteiger charge is -2.40. The van der Waals surface area contributed by atoms with E-state index in [0.717, 1.165) is 6.54 Å². The molecule has 1 amide bonds. The summed E-state index contributed by atoms with van der Waals surface area (Å²) >= 11 is 7.91. The SMILES string of the molecule is CCNc1cc(C(=O)NCC2(SC)CCC2)c(Cl)cn1. The highest BCUT2D eigenvalue weighted by Gasteiger charge is 2.36. The molecule has 0 radical (unpaired) electrons. The number of hydrogen-bond donors (Lipinski definition) is 2. The van der Waals surface area contributed by atoms with Crippen molar-refractivity contribution in [3.8, 4) is 0 Å². The van der Waals surface area contributed by atoms with Crippen molar-refractivity contribution in [3.63, 3.8) is 0 Å². The Morgan fingerprint density at radius 3 is 2.85 bits per heavy atom. The van der Waals surface area contributed by atoms with E-state index >= 15 is 0 Å². The third kappa shape index (κ3) is 3.38. The molecule has 1 fully saturated rings. The van der Waals surface area contributed by atoms with E-state index in [1.165, 1.54) is 25.5 Å². The van der Waals surface area contributed by atoms with Crippen molar-refractivity contribution in [2.24, 2.45) is 0 Å². The Morgan fingerprint density at radius 2 is 2.30 bits per heavy atom. The van der Waals surface area contributed by atoms with Crippen molar-refractivity contribution in [2.75, 3.05) is 24.7 Å². The van der Waals surface area contributed by atoms with Gasteiger partial charge in [-0.05, 0) is 32.1 Å². The molecular weight excluding hydrogens is 294 g/mol. The minimum atomic E-state index is -0.128. The van der Waals surface area contributed by atoms with Gasteiger partial charge in [0.15, 0.2) is 0 Å². The van der Waals surface area contributed by atoms with Crippen LogP contribution in [0.1, 0.15) is 36.5 Å². The molecule has 0 atom stereocenters. The zero-order chi connectivity index (χ0) is 14.6. The minimum Gasteiger partial charge on any atom is -0.370 e. The lowest BCUT2D eigenvalue weighted by molar-refractivity contribution is 0.0944. The van der Waals surface area contributed by atoms with Crippen LogP contribution in [0.5, 0.6) is 0 Å². The number of nitrogens with zero attached hydrogens (tertiary/aromatic N) is 1. The molecule has 6 heteroatoms. The number of thioether (sulfide) groups is 1. The molecule has 0 spiro atoms. The molecule has 0 aliphatic heterocycles. The van der Waals surface area contributed by atoms with E-state index in [1.807, 2.05) is 18.7 Å². The van der Waals surface area contributed by atoms with Gasteiger partial charge in [-0.1, -0.05) is 18.0 Å². The second-order valence-corrected chi connectivity index (χ2v) is 6.68. The molecule has 1 heterocycles. The van der Waals surface area contributed by atoms with E-state index in [0.29, 0.717) is 22.9 Å². The lowest BCUT2D eigenvalue weighted by atomic mass is 9.84. The van der Waals surface area contributed by atoms with Crippen LogP contribution in [-0.2, 0) is 0 Å². The van der Waals surface area contributed by atoms with Crippen LogP contribution in [0.15, 0.2) is 12.3 Å². The lowest BCUT2D eigenvalue weighted by Crippen LogP contribution is -2.45. The largest absolute Gasteiger partial charge is 0.370 e. The van der Waals surface area contributed by atoms with E-state index in [1.54, 1.807) is 6.07 Å². The van der Waals surface area contributed by atoms with E-state index in [2.05, 4.69) is 21.9 Å². The Morgan fingerprint density at radius 1 is 1.55 bits per heavy atom. The van der Waals surface area contributed by atoms with Crippen molar-refractivity contribution in [1.82, 2.24) is 10.3 Å². The van der Waals surface area contributed by atoms with Crippen LogP contribution in [0.25, 0.3) is 0 Å². The Bertz CT molecular complexity index is 486. The van der Waals surface area contributed by atoms with Crippen LogP contribution in [0, 0.1) is 0 Å². The number of nitrogens with one attached hydrogen (secondary N) is 2. The summed E-state index contributed by atoms with van der Waals surface area (Å²) in [6.07, 6.45) is 7.20. The van der Waals surface area contributed by atoms with Crippen LogP contribution < -0.4 is 10.6 Å². The monoisotopic (exact) mass is 313 g/mol. The fourth-order valence-electron chi connectivity index (χ4n) is 2.25. The van der Waals surface area contributed by atoms with Crippen molar-refractivity contribution < 1.29 is 4.79 Å². The highest BCUT2D eigenvalue weighted by molar-refractivity contribution is 8.00. The predicted octanol–water partition coefficient (Wildman–Crippen LogP) is 3.18. The van der Waals surface area contributed by atoms with Gasteiger partial charge in [0.2, 0.25) is 0 Å². The quantitative estimate of drug-likeness (QED) is 0.847. The molecule has 1 aliphatic rings. The minimum absolute atomic E-state index is 0.128. The van der Waals surface area contributed by atoms with Crippen LogP contribution in [0.3, 0.4) is 0 Å². The fraction of sp³-hybridized carbons (Fsp3) is 0.571. The number of rotatable bonds is 6. The summed E-state index contributed by atoms with van der Waals surface area (Å²) in [4.78, 5) is 16.4. The molecule has 1 aliphatic carbocycles. The number of anilines is 1. The van der Waals surface area contributed by atoms with Crippen LogP contribution >= 0.6 is 23.4 Å². The average molecular weight is 314 g/mol. The maximum Gasteiger partial charge on any atom is 0.253 e. The number of carbonyl (C=O) groups excluding carboxylic acids is 1. The summed E-state index contributed by atoms with van der Waals surface area (Å²) < 4.78 is 0.222. The van der Waals surface area contributed by atoms with Crippen LogP contribution in [0.2, 0.25) is 5.02 Å². The zero-order valence-corrected chi connectivity index (χ0v) is 13.4. The summed E-state index contributed by atoms with van der Waals surface area (Å²) in [6, 6.07) is 1.70. The van der Waals surface area contributed by atoms with Gasteiger partial charge in [-0.25, -0.2) is 4.98 Å². The van der Waals surface area contributed by atoms with Gasteiger partial charge in [0.25, 0.3) is 5.91 Å². The maximum absolute atomic E-state index is 12.3. The standard InChI is InChI=1S/C14H20ClN3OS/c1-3-16-12-7-10(11(15)8-17-12)13(19)18-9-14(20-2)5-4-6-14/h7-8H,3-6,9H2,1-2H3,(H,16,17)(H,18,19). The second-order valence-electron chi connectivity index (χ2n) is 5.00. The van der Waals surface area contributed by atoms with E-state index in [9.17, 15) is 4.79 Å². The Balaban J connectivity index is 2.03. The number of carbonyl (C=O) groups is 1. The highest BCUT2D eigenvalue weighted by Crippen LogP contribution is 2.42. The first-order chi connectivity index (χ1) is 9.60. The predicted molar refractivity (Wildman–Crippen MR) is 85.8 cm³/mol. The van der Waals surface area contributed by atoms with Gasteiger partial charge in [0, 0.05) is 24.0 Å². The summed E-state index contributed by atoms with van der Waals surface area (Å²) in [7, 11) is 0. The molecule has 1 saturated carbocycles. The van der Waals surface area contributed by atoms with Gasteiger partial charge >= 0.3 is 0 Å². The molecule has 20 heavy (non-hydrogen) atoms. The maximum atomic E-state index is 12.3. The first-order valence-electron chi connectivity index (χ1n) is 6.83. The van der Waals surface area contributed by atoms with E-state index < -0.39 is 0 Å². The van der Waals surface area contributed by atoms with Gasteiger partial charge in [-0.3, -0.25) is 4.79 Å². The normalized spacial score (nSPS) is 16.4. The third-order valence-corrected chi connectivity index (χ3v) is 5.45. The zero-order valence-electron chi connectivity index (χ0n) is 11.8. The van der Waals surface area contributed by atoms with Gasteiger partial charge < -0.3 is 10.6 Å². The molecule has 2 N–H and O–H groups in total. The first-order valence-corrected chi connectivity index (χ1v) is 8.43. The average Bonchev–Trinajstić information content (AvgIpc) is 2.40. The van der Waals surface area contributed by atoms with Crippen molar-refractivity contribution >= 4 is 35.1 Å². The molecule has 0 saturated heterocycles. The number of aromatic nitrogens is 1. The van der Waals surface area contributed by atoms with E-state index in [4.69, 9.17) is 11.6 Å². The van der Waals surface area contributed by atoms with Gasteiger partial charge in [-0.15, -0.1) is 0 Å². The number of pyridine rings is 1. The molecule has 1 aromatic rings. The Labute approximate surface area is 129 Å². The topological polar surface area (TPSA) is 54.0 Å². The molecule has 4 nitrogen and oxygen atoms in total. The molecule has 1 aromatic heterocycles. The van der Waals surface area contributed by atoms with Crippen LogP contribution in [0.4, 0.5) is 5.82 Å². The smallest absolute Gasteiger partial charge is 0.253 e. The van der Waals surface area contributed by atoms with Crippen molar-refractivity contribution in [1.29, 1.82) is 0 Å². The highest BCUT2D eigenvalue weighted by atomic mass is 35.5. The van der Waals surface area contributed by atoms with Crippen molar-refractivity contribution in [3.05, 3.63) is 22.8 Å². The van der Waals surface area contributed by atoms with E-state index in [-0.39, 0.29) is 10.7 Å². The summed E-state index contributed by atoms with van der Waals surface area (Å²) in [5.74, 6) is 0.544. The molecule has 0 unspecified atom stereocenters. The fourth-order valence-corrected chi connectivity index (χ4v) is 3.35. The van der Waals surface area contributed by atoms with Crippen LogP contribution in [-0.4, -0.2) is 35.0 Å². The third-order valence-electron chi connectivity index (χ3n) is 3.73. The second kappa shape index (κ2) is 6.68. The Hall–Kier alpha value is -0.940. The number of halogens is 1. The first kappa shape index (κ1) is 15.4. The molecule has 0 bridgehead atoms. The van der Waals surface area contributed by atoms with Crippen molar-refractivity contribution in [2.45, 2.75) is 30.9 Å². The summed E-state index contributed by atoms with van der Waals surface area (Å²) in [5.41, 5.74) is 0.480. The molecule has 110 valence electrons. The molecular formula is C14H20ClN3OS. The van der Waals surface area contributed by atoms with Gasteiger partial charge in [0.05, 0.1) is 10.6 Å². The number of hydrogen-bond acceptors (Lipinski definition) is 4. The Kier molecular flexibility index (Phi) is 5.16. The summed E-state index contributed by atoms with van der Waals surface area (Å²) in [6.45, 7) is 3.43. The number of amides is 1. The summed E-state index contributed by atoms with van der Waals surface area (Å²) in [5, 5.41) is 6.47.